The van der Waals surface area contributed by atoms with Gasteiger partial charge in [-0.3, -0.25) is 14.2 Å². The Balaban J connectivity index is 5.10. The zero-order chi connectivity index (χ0) is 62.8. The van der Waals surface area contributed by atoms with E-state index in [0.29, 0.717) is 17.4 Å². The number of phosphoric ester groups is 1. The number of hydrogen-bond acceptors (Lipinski definition) is 7. The van der Waals surface area contributed by atoms with Crippen LogP contribution < -0.4 is 10.2 Å². The molecule has 10 heteroatoms. The number of allylic oxidation sites excluding steroid dienone is 17. The lowest BCUT2D eigenvalue weighted by Gasteiger charge is -2.30. The first-order chi connectivity index (χ1) is 41.9. The Labute approximate surface area is 531 Å². The van der Waals surface area contributed by atoms with E-state index >= 15 is 0 Å². The summed E-state index contributed by atoms with van der Waals surface area (Å²) >= 11 is 0. The summed E-state index contributed by atoms with van der Waals surface area (Å²) in [7, 11) is 1.15. The van der Waals surface area contributed by atoms with Crippen molar-refractivity contribution in [3.05, 3.63) is 109 Å². The van der Waals surface area contributed by atoms with Crippen molar-refractivity contribution in [1.82, 2.24) is 5.32 Å². The molecule has 496 valence electrons. The van der Waals surface area contributed by atoms with Crippen molar-refractivity contribution in [2.24, 2.45) is 0 Å². The SMILES string of the molecule is CC/C=C\C/C=C\C/C=C\C/C=C\C/C=C\C/C=C\CCCCC(=O)NC(COP(=O)([O-])OCC[N+](C)(C)C)C(/C=C\CCCCCCCCCCCC)OC(=O)CCCCCCCCCCCCCCCCCCC/C=C\C/C=C\CCCCC. The standard InChI is InChI=1S/C76H135N2O7P/c1-7-10-13-16-19-22-25-28-30-32-34-36-37-38-39-40-41-43-45-47-49-51-54-57-60-63-66-69-76(80)85-74(67-64-61-58-55-52-27-24-21-18-15-12-9-3)73(72-84-86(81,82)83-71-70-78(4,5)6)77-75(79)68-65-62-59-56-53-50-48-46-44-42-35-33-31-29-26-23-20-17-14-11-8-2/h11,14,19-20,22-23,28-31,35,42,46,48,53,56,64,67,73-74H,7-10,12-13,15-18,21,24-27,32-34,36-41,43-45,47,49-52,54-55,57-63,65-66,68-72H2,1-6H3,(H-,77,79,81,82)/b14-11-,22-19-,23-20-,30-28-,31-29-,42-35-,48-46-,56-53-,67-64-. The maximum absolute atomic E-state index is 13.6. The number of ether oxygens (including phenoxy) is 1. The van der Waals surface area contributed by atoms with E-state index in [1.807, 2.05) is 33.3 Å². The smallest absolute Gasteiger partial charge is 0.306 e. The normalized spacial score (nSPS) is 14.2. The molecule has 0 saturated heterocycles. The quantitative estimate of drug-likeness (QED) is 0.0212. The van der Waals surface area contributed by atoms with Gasteiger partial charge in [0.1, 0.15) is 19.3 Å². The Morgan fingerprint density at radius 1 is 0.419 bits per heavy atom. The van der Waals surface area contributed by atoms with E-state index in [0.717, 1.165) is 96.3 Å². The number of nitrogens with zero attached hydrogens (tertiary/aromatic N) is 1. The third-order valence-electron chi connectivity index (χ3n) is 15.4. The molecule has 0 rings (SSSR count). The van der Waals surface area contributed by atoms with Crippen LogP contribution in [0, 0.1) is 0 Å². The van der Waals surface area contributed by atoms with E-state index in [2.05, 4.69) is 123 Å². The van der Waals surface area contributed by atoms with Gasteiger partial charge in [-0.15, -0.1) is 0 Å². The van der Waals surface area contributed by atoms with Gasteiger partial charge in [-0.2, -0.15) is 0 Å². The molecule has 0 aromatic rings. The minimum absolute atomic E-state index is 0.0349. The van der Waals surface area contributed by atoms with Crippen molar-refractivity contribution in [2.75, 3.05) is 40.9 Å². The number of quaternary nitrogens is 1. The lowest BCUT2D eigenvalue weighted by atomic mass is 10.0. The fraction of sp³-hybridized carbons (Fsp3) is 0.737. The van der Waals surface area contributed by atoms with Gasteiger partial charge in [0.15, 0.2) is 0 Å². The fourth-order valence-electron chi connectivity index (χ4n) is 9.97. The van der Waals surface area contributed by atoms with Gasteiger partial charge in [0.25, 0.3) is 7.82 Å². The number of hydrogen-bond donors (Lipinski definition) is 1. The third-order valence-corrected chi connectivity index (χ3v) is 16.4. The van der Waals surface area contributed by atoms with Gasteiger partial charge < -0.3 is 28.5 Å². The summed E-state index contributed by atoms with van der Waals surface area (Å²) in [6.45, 7) is 6.69. The van der Waals surface area contributed by atoms with Gasteiger partial charge in [0.05, 0.1) is 33.8 Å². The lowest BCUT2D eigenvalue weighted by Crippen LogP contribution is -2.47. The van der Waals surface area contributed by atoms with E-state index in [1.54, 1.807) is 0 Å². The molecule has 9 nitrogen and oxygen atoms in total. The van der Waals surface area contributed by atoms with Crippen molar-refractivity contribution in [3.8, 4) is 0 Å². The van der Waals surface area contributed by atoms with Crippen LogP contribution in [0.5, 0.6) is 0 Å². The van der Waals surface area contributed by atoms with E-state index in [4.69, 9.17) is 13.8 Å². The third kappa shape index (κ3) is 65.1. The minimum Gasteiger partial charge on any atom is -0.756 e. The zero-order valence-corrected chi connectivity index (χ0v) is 57.6. The first-order valence-electron chi connectivity index (χ1n) is 35.7. The first kappa shape index (κ1) is 82.7. The first-order valence-corrected chi connectivity index (χ1v) is 37.2. The molecule has 0 aromatic heterocycles. The van der Waals surface area contributed by atoms with Crippen LogP contribution in [0.25, 0.3) is 0 Å². The molecule has 0 saturated carbocycles. The molecule has 0 aliphatic carbocycles. The van der Waals surface area contributed by atoms with Gasteiger partial charge >= 0.3 is 5.97 Å². The highest BCUT2D eigenvalue weighted by Crippen LogP contribution is 2.38. The summed E-state index contributed by atoms with van der Waals surface area (Å²) in [6, 6.07) is -0.918. The topological polar surface area (TPSA) is 114 Å². The molecule has 0 spiro atoms. The van der Waals surface area contributed by atoms with Crippen LogP contribution in [0.3, 0.4) is 0 Å². The maximum Gasteiger partial charge on any atom is 0.306 e. The van der Waals surface area contributed by atoms with Crippen LogP contribution in [0.1, 0.15) is 310 Å². The molecule has 0 heterocycles. The summed E-state index contributed by atoms with van der Waals surface area (Å²) in [5, 5.41) is 3.01. The highest BCUT2D eigenvalue weighted by atomic mass is 31.2. The second kappa shape index (κ2) is 64.6. The summed E-state index contributed by atoms with van der Waals surface area (Å²) in [4.78, 5) is 40.2. The molecule has 3 atom stereocenters. The van der Waals surface area contributed by atoms with Crippen LogP contribution in [-0.4, -0.2) is 69.4 Å². The van der Waals surface area contributed by atoms with Crippen molar-refractivity contribution >= 4 is 19.7 Å². The monoisotopic (exact) mass is 1220 g/mol. The molecule has 86 heavy (non-hydrogen) atoms. The maximum atomic E-state index is 13.6. The number of rotatable bonds is 64. The van der Waals surface area contributed by atoms with Gasteiger partial charge in [0, 0.05) is 12.8 Å². The largest absolute Gasteiger partial charge is 0.756 e. The predicted octanol–water partition coefficient (Wildman–Crippen LogP) is 22.2. The molecular weight excluding hydrogens is 1080 g/mol. The fourth-order valence-corrected chi connectivity index (χ4v) is 10.7. The van der Waals surface area contributed by atoms with Crippen molar-refractivity contribution in [1.29, 1.82) is 0 Å². The molecule has 1 amide bonds. The molecule has 0 radical (unpaired) electrons. The Hall–Kier alpha value is -3.33. The summed E-state index contributed by atoms with van der Waals surface area (Å²) in [5.41, 5.74) is 0. The van der Waals surface area contributed by atoms with E-state index in [-0.39, 0.29) is 31.3 Å². The van der Waals surface area contributed by atoms with Crippen LogP contribution >= 0.6 is 7.82 Å². The van der Waals surface area contributed by atoms with Gasteiger partial charge in [-0.25, -0.2) is 0 Å². The molecule has 0 aliphatic rings. The highest BCUT2D eigenvalue weighted by Gasteiger charge is 2.27. The van der Waals surface area contributed by atoms with Crippen LogP contribution in [0.15, 0.2) is 109 Å². The second-order valence-electron chi connectivity index (χ2n) is 25.0. The minimum atomic E-state index is -4.72. The molecule has 0 aliphatic heterocycles. The number of amides is 1. The van der Waals surface area contributed by atoms with E-state index in [9.17, 15) is 19.0 Å². The Bertz CT molecular complexity index is 1840. The summed E-state index contributed by atoms with van der Waals surface area (Å²) in [5.74, 6) is -0.589. The Morgan fingerprint density at radius 3 is 1.15 bits per heavy atom. The summed E-state index contributed by atoms with van der Waals surface area (Å²) < 4.78 is 30.4. The molecule has 3 unspecified atom stereocenters. The molecule has 0 fully saturated rings. The number of esters is 1. The molecule has 0 bridgehead atoms. The van der Waals surface area contributed by atoms with Crippen LogP contribution in [0.2, 0.25) is 0 Å². The number of carbonyl (C=O) groups is 2. The van der Waals surface area contributed by atoms with Crippen LogP contribution in [-0.2, 0) is 27.9 Å². The van der Waals surface area contributed by atoms with Crippen molar-refractivity contribution in [2.45, 2.75) is 322 Å². The molecule has 0 aromatic carbocycles. The number of likely N-dealkylation sites (N-methyl/N-ethyl adjacent to an activating group) is 1. The molecular formula is C76H135N2O7P. The number of nitrogens with one attached hydrogen (secondary N) is 1. The number of carbonyl (C=O) groups excluding carboxylic acids is 2. The predicted molar refractivity (Wildman–Crippen MR) is 371 cm³/mol. The Morgan fingerprint density at radius 2 is 0.744 bits per heavy atom. The Kier molecular flexibility index (Phi) is 62.1. The number of phosphoric acid groups is 1. The van der Waals surface area contributed by atoms with Gasteiger partial charge in [-0.1, -0.05) is 291 Å². The molecule has 1 N–H and O–H groups in total. The average molecular weight is 1220 g/mol. The highest BCUT2D eigenvalue weighted by molar-refractivity contribution is 7.45. The zero-order valence-electron chi connectivity index (χ0n) is 56.7. The summed E-state index contributed by atoms with van der Waals surface area (Å²) in [6.07, 6.45) is 89.4. The van der Waals surface area contributed by atoms with Gasteiger partial charge in [0.2, 0.25) is 5.91 Å². The number of unbranched alkanes of at least 4 members (excludes halogenated alkanes) is 32. The van der Waals surface area contributed by atoms with Crippen molar-refractivity contribution in [3.63, 3.8) is 0 Å². The van der Waals surface area contributed by atoms with Crippen LogP contribution in [0.4, 0.5) is 0 Å². The van der Waals surface area contributed by atoms with Crippen molar-refractivity contribution < 1.29 is 37.3 Å². The van der Waals surface area contributed by atoms with E-state index in [1.165, 1.54) is 173 Å². The average Bonchev–Trinajstić information content (AvgIpc) is 3.66. The second-order valence-corrected chi connectivity index (χ2v) is 26.4. The van der Waals surface area contributed by atoms with Gasteiger partial charge in [-0.05, 0) is 115 Å². The van der Waals surface area contributed by atoms with E-state index < -0.39 is 26.6 Å². The lowest BCUT2D eigenvalue weighted by molar-refractivity contribution is -0.870.